The first-order valence-electron chi connectivity index (χ1n) is 9.05. The van der Waals surface area contributed by atoms with E-state index < -0.39 is 5.97 Å². The highest BCUT2D eigenvalue weighted by Gasteiger charge is 2.36. The van der Waals surface area contributed by atoms with Crippen LogP contribution in [0.3, 0.4) is 0 Å². The molecule has 29 heavy (non-hydrogen) atoms. The lowest BCUT2D eigenvalue weighted by molar-refractivity contribution is -0.143. The van der Waals surface area contributed by atoms with E-state index in [0.29, 0.717) is 12.3 Å². The molecule has 1 aliphatic heterocycles. The smallest absolute Gasteiger partial charge is 0.325 e. The number of benzene rings is 2. The summed E-state index contributed by atoms with van der Waals surface area (Å²) in [5, 5.41) is 0.268. The summed E-state index contributed by atoms with van der Waals surface area (Å²) in [6, 6.07) is 15.6. The zero-order chi connectivity index (χ0) is 21.0. The Morgan fingerprint density at radius 2 is 1.76 bits per heavy atom. The molecule has 1 heterocycles. The number of thiocarbonyl (C=S) groups is 1. The second-order valence-electron chi connectivity index (χ2n) is 6.68. The van der Waals surface area contributed by atoms with E-state index in [4.69, 9.17) is 17.0 Å². The SMILES string of the molecule is COC(=O)CN1C(=O)/C(=C/c2ccc(OCc3ccc(C)cc3)cc2)N(C)C1=S. The van der Waals surface area contributed by atoms with Crippen molar-refractivity contribution in [3.63, 3.8) is 0 Å². The van der Waals surface area contributed by atoms with E-state index in [2.05, 4.69) is 16.9 Å². The number of carbonyl (C=O) groups excluding carboxylic acids is 2. The molecule has 0 atom stereocenters. The third-order valence-corrected chi connectivity index (χ3v) is 5.06. The Hall–Kier alpha value is -3.19. The molecule has 0 unspecified atom stereocenters. The highest BCUT2D eigenvalue weighted by molar-refractivity contribution is 7.80. The lowest BCUT2D eigenvalue weighted by Crippen LogP contribution is -2.36. The van der Waals surface area contributed by atoms with Gasteiger partial charge < -0.3 is 14.4 Å². The van der Waals surface area contributed by atoms with Gasteiger partial charge >= 0.3 is 5.97 Å². The van der Waals surface area contributed by atoms with Crippen LogP contribution in [0, 0.1) is 6.92 Å². The van der Waals surface area contributed by atoms with Gasteiger partial charge in [0.15, 0.2) is 5.11 Å². The average Bonchev–Trinajstić information content (AvgIpc) is 2.92. The zero-order valence-corrected chi connectivity index (χ0v) is 17.4. The van der Waals surface area contributed by atoms with E-state index in [1.807, 2.05) is 43.3 Å². The molecular weight excluding hydrogens is 388 g/mol. The first-order chi connectivity index (χ1) is 13.9. The van der Waals surface area contributed by atoms with Crippen molar-refractivity contribution >= 4 is 35.3 Å². The van der Waals surface area contributed by atoms with Crippen LogP contribution in [0.5, 0.6) is 5.75 Å². The minimum Gasteiger partial charge on any atom is -0.489 e. The predicted molar refractivity (Wildman–Crippen MR) is 114 cm³/mol. The van der Waals surface area contributed by atoms with Gasteiger partial charge in [-0.3, -0.25) is 14.5 Å². The maximum Gasteiger partial charge on any atom is 0.325 e. The number of ether oxygens (including phenoxy) is 2. The molecule has 1 amide bonds. The van der Waals surface area contributed by atoms with Crippen molar-refractivity contribution in [2.75, 3.05) is 20.7 Å². The maximum atomic E-state index is 12.6. The van der Waals surface area contributed by atoms with Gasteiger partial charge in [-0.2, -0.15) is 0 Å². The Bertz CT molecular complexity index is 952. The molecule has 7 heteroatoms. The zero-order valence-electron chi connectivity index (χ0n) is 16.5. The molecule has 2 aromatic carbocycles. The molecule has 0 bridgehead atoms. The normalized spacial score (nSPS) is 15.2. The minimum absolute atomic E-state index is 0.207. The van der Waals surface area contributed by atoms with Crippen LogP contribution in [-0.4, -0.2) is 47.5 Å². The Balaban J connectivity index is 1.68. The Morgan fingerprint density at radius 3 is 2.38 bits per heavy atom. The van der Waals surface area contributed by atoms with E-state index in [0.717, 1.165) is 16.9 Å². The fourth-order valence-corrected chi connectivity index (χ4v) is 3.06. The molecule has 1 fully saturated rings. The molecule has 1 aliphatic rings. The van der Waals surface area contributed by atoms with Crippen LogP contribution in [0.4, 0.5) is 0 Å². The Labute approximate surface area is 175 Å². The number of carbonyl (C=O) groups is 2. The first kappa shape index (κ1) is 20.5. The van der Waals surface area contributed by atoms with Gasteiger partial charge in [0.2, 0.25) is 0 Å². The number of nitrogens with zero attached hydrogens (tertiary/aromatic N) is 2. The van der Waals surface area contributed by atoms with Crippen molar-refractivity contribution in [2.45, 2.75) is 13.5 Å². The van der Waals surface area contributed by atoms with Gasteiger partial charge in [0.1, 0.15) is 24.6 Å². The van der Waals surface area contributed by atoms with E-state index >= 15 is 0 Å². The fraction of sp³-hybridized carbons (Fsp3) is 0.227. The van der Waals surface area contributed by atoms with Crippen LogP contribution >= 0.6 is 12.2 Å². The van der Waals surface area contributed by atoms with Crippen molar-refractivity contribution in [2.24, 2.45) is 0 Å². The van der Waals surface area contributed by atoms with Gasteiger partial charge in [-0.15, -0.1) is 0 Å². The van der Waals surface area contributed by atoms with E-state index in [9.17, 15) is 9.59 Å². The summed E-state index contributed by atoms with van der Waals surface area (Å²) < 4.78 is 10.4. The van der Waals surface area contributed by atoms with Crippen LogP contribution in [0.15, 0.2) is 54.2 Å². The molecular formula is C22H22N2O4S. The number of aryl methyl sites for hydroxylation is 1. The molecule has 150 valence electrons. The molecule has 2 aromatic rings. The van der Waals surface area contributed by atoms with E-state index in [1.54, 1.807) is 18.0 Å². The molecule has 0 spiro atoms. The summed E-state index contributed by atoms with van der Waals surface area (Å²) in [4.78, 5) is 27.0. The van der Waals surface area contributed by atoms with Crippen LogP contribution in [0.2, 0.25) is 0 Å². The second-order valence-corrected chi connectivity index (χ2v) is 7.05. The molecule has 0 N–H and O–H groups in total. The molecule has 0 aromatic heterocycles. The summed E-state index contributed by atoms with van der Waals surface area (Å²) in [6.45, 7) is 2.33. The quantitative estimate of drug-likeness (QED) is 0.414. The highest BCUT2D eigenvalue weighted by atomic mass is 32.1. The summed E-state index contributed by atoms with van der Waals surface area (Å²) in [5.74, 6) is -0.116. The number of hydrogen-bond acceptors (Lipinski definition) is 5. The molecule has 6 nitrogen and oxygen atoms in total. The number of likely N-dealkylation sites (N-methyl/N-ethyl adjacent to an activating group) is 1. The molecule has 3 rings (SSSR count). The van der Waals surface area contributed by atoms with Gasteiger partial charge in [0, 0.05) is 7.05 Å². The van der Waals surface area contributed by atoms with Gasteiger partial charge in [0.25, 0.3) is 5.91 Å². The Morgan fingerprint density at radius 1 is 1.10 bits per heavy atom. The first-order valence-corrected chi connectivity index (χ1v) is 9.46. The molecule has 1 saturated heterocycles. The van der Waals surface area contributed by atoms with Crippen molar-refractivity contribution < 1.29 is 19.1 Å². The monoisotopic (exact) mass is 410 g/mol. The van der Waals surface area contributed by atoms with Crippen molar-refractivity contribution in [1.29, 1.82) is 0 Å². The summed E-state index contributed by atoms with van der Waals surface area (Å²) >= 11 is 5.27. The van der Waals surface area contributed by atoms with Crippen LogP contribution in [0.1, 0.15) is 16.7 Å². The van der Waals surface area contributed by atoms with Gasteiger partial charge in [-0.25, -0.2) is 0 Å². The van der Waals surface area contributed by atoms with Gasteiger partial charge in [0.05, 0.1) is 7.11 Å². The molecule has 0 radical (unpaired) electrons. The van der Waals surface area contributed by atoms with Crippen molar-refractivity contribution in [3.8, 4) is 5.75 Å². The third kappa shape index (κ3) is 4.81. The van der Waals surface area contributed by atoms with E-state index in [-0.39, 0.29) is 17.6 Å². The number of amides is 1. The summed E-state index contributed by atoms with van der Waals surface area (Å²) in [7, 11) is 2.97. The van der Waals surface area contributed by atoms with E-state index in [1.165, 1.54) is 17.6 Å². The third-order valence-electron chi connectivity index (χ3n) is 4.57. The fourth-order valence-electron chi connectivity index (χ4n) is 2.81. The van der Waals surface area contributed by atoms with Gasteiger partial charge in [-0.05, 0) is 48.5 Å². The lowest BCUT2D eigenvalue weighted by atomic mass is 10.1. The predicted octanol–water partition coefficient (Wildman–Crippen LogP) is 3.15. The number of hydrogen-bond donors (Lipinski definition) is 0. The van der Waals surface area contributed by atoms with Crippen LogP contribution in [0.25, 0.3) is 6.08 Å². The number of methoxy groups -OCH3 is 1. The lowest BCUT2D eigenvalue weighted by Gasteiger charge is -2.14. The van der Waals surface area contributed by atoms with Crippen molar-refractivity contribution in [3.05, 3.63) is 70.9 Å². The largest absolute Gasteiger partial charge is 0.489 e. The topological polar surface area (TPSA) is 59.1 Å². The van der Waals surface area contributed by atoms with Gasteiger partial charge in [-0.1, -0.05) is 42.0 Å². The van der Waals surface area contributed by atoms with Crippen LogP contribution < -0.4 is 4.74 Å². The molecule has 0 aliphatic carbocycles. The number of esters is 1. The Kier molecular flexibility index (Phi) is 6.29. The molecule has 0 saturated carbocycles. The minimum atomic E-state index is -0.523. The standard InChI is InChI=1S/C22H22N2O4S/c1-15-4-6-17(7-5-15)14-28-18-10-8-16(9-11-18)12-19-21(26)24(13-20(25)27-3)22(29)23(19)2/h4-12H,13-14H2,1-3H3/b19-12-. The highest BCUT2D eigenvalue weighted by Crippen LogP contribution is 2.23. The maximum absolute atomic E-state index is 12.6. The summed E-state index contributed by atoms with van der Waals surface area (Å²) in [6.07, 6.45) is 1.73. The summed E-state index contributed by atoms with van der Waals surface area (Å²) in [5.41, 5.74) is 3.53. The average molecular weight is 410 g/mol. The number of rotatable bonds is 6. The second kappa shape index (κ2) is 8.87. The van der Waals surface area contributed by atoms with Crippen LogP contribution in [-0.2, 0) is 20.9 Å². The van der Waals surface area contributed by atoms with Crippen molar-refractivity contribution in [1.82, 2.24) is 9.80 Å².